The fourth-order valence-electron chi connectivity index (χ4n) is 4.01. The Morgan fingerprint density at radius 2 is 1.97 bits per heavy atom. The summed E-state index contributed by atoms with van der Waals surface area (Å²) >= 11 is 1.35. The quantitative estimate of drug-likeness (QED) is 0.436. The third-order valence-corrected chi connectivity index (χ3v) is 6.55. The van der Waals surface area contributed by atoms with Gasteiger partial charge in [-0.15, -0.1) is 11.3 Å². The molecule has 168 valence electrons. The van der Waals surface area contributed by atoms with Gasteiger partial charge in [0.1, 0.15) is 6.04 Å². The van der Waals surface area contributed by atoms with Gasteiger partial charge in [-0.2, -0.15) is 0 Å². The van der Waals surface area contributed by atoms with Crippen molar-refractivity contribution in [1.29, 1.82) is 0 Å². The zero-order valence-corrected chi connectivity index (χ0v) is 18.9. The van der Waals surface area contributed by atoms with E-state index in [-0.39, 0.29) is 18.6 Å². The zero-order chi connectivity index (χ0) is 22.8. The van der Waals surface area contributed by atoms with Gasteiger partial charge in [0.2, 0.25) is 12.7 Å². The molecule has 33 heavy (non-hydrogen) atoms. The average molecular weight is 462 g/mol. The number of hydrogen-bond acceptors (Lipinski definition) is 5. The first-order valence-electron chi connectivity index (χ1n) is 10.6. The van der Waals surface area contributed by atoms with Gasteiger partial charge >= 0.3 is 0 Å². The largest absolute Gasteiger partial charge is 0.454 e. The molecule has 0 aliphatic carbocycles. The minimum atomic E-state index is -0.710. The first kappa shape index (κ1) is 21.1. The highest BCUT2D eigenvalue weighted by atomic mass is 32.1. The van der Waals surface area contributed by atoms with Crippen LogP contribution in [0.25, 0.3) is 10.9 Å². The highest BCUT2D eigenvalue weighted by Gasteiger charge is 2.27. The maximum absolute atomic E-state index is 13.5. The standard InChI is InChI=1S/C25H23N3O4S/c1-28(14-16-8-9-21-22(11-16)32-15-31-21)25(30)20(27-24(29)23-7-4-10-33-23)12-17-13-26-19-6-3-2-5-18(17)19/h2-11,13,20,26H,12,14-15H2,1H3,(H,27,29)/t20-/m0/s1. The average Bonchev–Trinajstić information content (AvgIpc) is 3.59. The summed E-state index contributed by atoms with van der Waals surface area (Å²) in [6.07, 6.45) is 2.28. The zero-order valence-electron chi connectivity index (χ0n) is 18.0. The van der Waals surface area contributed by atoms with Crippen LogP contribution >= 0.6 is 11.3 Å². The van der Waals surface area contributed by atoms with Crippen molar-refractivity contribution < 1.29 is 19.1 Å². The summed E-state index contributed by atoms with van der Waals surface area (Å²) in [5.41, 5.74) is 2.90. The van der Waals surface area contributed by atoms with E-state index in [1.54, 1.807) is 18.0 Å². The summed E-state index contributed by atoms with van der Waals surface area (Å²) in [7, 11) is 1.74. The Balaban J connectivity index is 1.37. The highest BCUT2D eigenvalue weighted by molar-refractivity contribution is 7.12. The Bertz CT molecular complexity index is 1300. The van der Waals surface area contributed by atoms with Gasteiger partial charge in [-0.1, -0.05) is 30.3 Å². The maximum atomic E-state index is 13.5. The van der Waals surface area contributed by atoms with Crippen molar-refractivity contribution >= 4 is 34.1 Å². The first-order chi connectivity index (χ1) is 16.1. The lowest BCUT2D eigenvalue weighted by molar-refractivity contribution is -0.132. The summed E-state index contributed by atoms with van der Waals surface area (Å²) in [6.45, 7) is 0.587. The van der Waals surface area contributed by atoms with Gasteiger partial charge in [0.15, 0.2) is 11.5 Å². The van der Waals surface area contributed by atoms with Crippen LogP contribution < -0.4 is 14.8 Å². The van der Waals surface area contributed by atoms with E-state index in [0.29, 0.717) is 29.3 Å². The minimum absolute atomic E-state index is 0.164. The van der Waals surface area contributed by atoms with E-state index >= 15 is 0 Å². The molecule has 8 heteroatoms. The number of H-pyrrole nitrogens is 1. The van der Waals surface area contributed by atoms with Crippen molar-refractivity contribution in [2.24, 2.45) is 0 Å². The number of aromatic nitrogens is 1. The van der Waals surface area contributed by atoms with Gasteiger partial charge in [0.05, 0.1) is 4.88 Å². The number of thiophene rings is 1. The molecule has 0 fully saturated rings. The molecule has 4 aromatic rings. The SMILES string of the molecule is CN(Cc1ccc2c(c1)OCO2)C(=O)[C@H](Cc1c[nH]c2ccccc12)NC(=O)c1cccs1. The van der Waals surface area contributed by atoms with Crippen molar-refractivity contribution in [1.82, 2.24) is 15.2 Å². The van der Waals surface area contributed by atoms with Crippen LogP contribution in [0.15, 0.2) is 66.2 Å². The molecule has 5 rings (SSSR count). The van der Waals surface area contributed by atoms with E-state index in [0.717, 1.165) is 22.0 Å². The molecule has 0 radical (unpaired) electrons. The topological polar surface area (TPSA) is 83.7 Å². The molecular weight excluding hydrogens is 438 g/mol. The second-order valence-corrected chi connectivity index (χ2v) is 8.90. The van der Waals surface area contributed by atoms with Crippen molar-refractivity contribution in [3.63, 3.8) is 0 Å². The number of fused-ring (bicyclic) bond motifs is 2. The van der Waals surface area contributed by atoms with Crippen LogP contribution in [0.3, 0.4) is 0 Å². The summed E-state index contributed by atoms with van der Waals surface area (Å²) in [5, 5.41) is 5.84. The number of benzene rings is 2. The van der Waals surface area contributed by atoms with Gasteiger partial charge in [0.25, 0.3) is 5.91 Å². The molecule has 0 spiro atoms. The summed E-state index contributed by atoms with van der Waals surface area (Å²) in [6, 6.07) is 16.4. The summed E-state index contributed by atoms with van der Waals surface area (Å²) < 4.78 is 10.8. The van der Waals surface area contributed by atoms with Crippen molar-refractivity contribution in [3.05, 3.63) is 82.2 Å². The van der Waals surface area contributed by atoms with Crippen LogP contribution in [0, 0.1) is 0 Å². The second-order valence-electron chi connectivity index (χ2n) is 7.95. The lowest BCUT2D eigenvalue weighted by Gasteiger charge is -2.25. The molecule has 2 amide bonds. The molecule has 0 unspecified atom stereocenters. The first-order valence-corrected chi connectivity index (χ1v) is 11.5. The third-order valence-electron chi connectivity index (χ3n) is 5.68. The van der Waals surface area contributed by atoms with Crippen LogP contribution in [0.1, 0.15) is 20.8 Å². The number of nitrogens with zero attached hydrogens (tertiary/aromatic N) is 1. The molecular formula is C25H23N3O4S. The van der Waals surface area contributed by atoms with Gasteiger partial charge < -0.3 is 24.7 Å². The number of amides is 2. The Labute approximate surface area is 194 Å². The van der Waals surface area contributed by atoms with E-state index < -0.39 is 6.04 Å². The fourth-order valence-corrected chi connectivity index (χ4v) is 4.64. The third kappa shape index (κ3) is 4.42. The predicted molar refractivity (Wildman–Crippen MR) is 127 cm³/mol. The van der Waals surface area contributed by atoms with E-state index in [4.69, 9.17) is 9.47 Å². The van der Waals surface area contributed by atoms with Crippen LogP contribution in [0.5, 0.6) is 11.5 Å². The molecule has 2 aromatic carbocycles. The number of ether oxygens (including phenoxy) is 2. The maximum Gasteiger partial charge on any atom is 0.262 e. The molecule has 2 N–H and O–H groups in total. The Morgan fingerprint density at radius 1 is 1.12 bits per heavy atom. The van der Waals surface area contributed by atoms with Crippen molar-refractivity contribution in [3.8, 4) is 11.5 Å². The molecule has 3 heterocycles. The second kappa shape index (κ2) is 8.99. The molecule has 0 bridgehead atoms. The monoisotopic (exact) mass is 461 g/mol. The van der Waals surface area contributed by atoms with E-state index in [1.165, 1.54) is 11.3 Å². The molecule has 7 nitrogen and oxygen atoms in total. The van der Waals surface area contributed by atoms with Crippen molar-refractivity contribution in [2.45, 2.75) is 19.0 Å². The highest BCUT2D eigenvalue weighted by Crippen LogP contribution is 2.32. The number of likely N-dealkylation sites (N-methyl/N-ethyl adjacent to an activating group) is 1. The molecule has 1 aliphatic rings. The number of rotatable bonds is 7. The van der Waals surface area contributed by atoms with Gasteiger partial charge in [-0.3, -0.25) is 9.59 Å². The number of aromatic amines is 1. The van der Waals surface area contributed by atoms with E-state index in [1.807, 2.05) is 60.1 Å². The van der Waals surface area contributed by atoms with Gasteiger partial charge in [-0.25, -0.2) is 0 Å². The van der Waals surface area contributed by atoms with Crippen LogP contribution in [-0.2, 0) is 17.8 Å². The minimum Gasteiger partial charge on any atom is -0.454 e. The van der Waals surface area contributed by atoms with Gasteiger partial charge in [-0.05, 0) is 40.8 Å². The summed E-state index contributed by atoms with van der Waals surface area (Å²) in [5.74, 6) is 0.963. The smallest absolute Gasteiger partial charge is 0.262 e. The van der Waals surface area contributed by atoms with E-state index in [2.05, 4.69) is 10.3 Å². The lowest BCUT2D eigenvalue weighted by Crippen LogP contribution is -2.48. The van der Waals surface area contributed by atoms with Crippen LogP contribution in [-0.4, -0.2) is 41.6 Å². The van der Waals surface area contributed by atoms with Crippen molar-refractivity contribution in [2.75, 3.05) is 13.8 Å². The Morgan fingerprint density at radius 3 is 2.82 bits per heavy atom. The molecule has 2 aromatic heterocycles. The van der Waals surface area contributed by atoms with Crippen LogP contribution in [0.4, 0.5) is 0 Å². The van der Waals surface area contributed by atoms with E-state index in [9.17, 15) is 9.59 Å². The normalized spacial score (nSPS) is 13.1. The predicted octanol–water partition coefficient (Wildman–Crippen LogP) is 3.96. The Hall–Kier alpha value is -3.78. The Kier molecular flexibility index (Phi) is 5.75. The number of nitrogens with one attached hydrogen (secondary N) is 2. The number of para-hydroxylation sites is 1. The molecule has 1 atom stereocenters. The number of carbonyl (C=O) groups excluding carboxylic acids is 2. The fraction of sp³-hybridized carbons (Fsp3) is 0.200. The summed E-state index contributed by atoms with van der Waals surface area (Å²) in [4.78, 5) is 31.8. The molecule has 0 saturated carbocycles. The lowest BCUT2D eigenvalue weighted by atomic mass is 10.0. The molecule has 0 saturated heterocycles. The number of hydrogen-bond donors (Lipinski definition) is 2. The number of carbonyl (C=O) groups is 2. The molecule has 1 aliphatic heterocycles. The van der Waals surface area contributed by atoms with Gasteiger partial charge in [0, 0.05) is 37.1 Å². The van der Waals surface area contributed by atoms with Crippen LogP contribution in [0.2, 0.25) is 0 Å².